The lowest BCUT2D eigenvalue weighted by molar-refractivity contribution is -0.139. The van der Waals surface area contributed by atoms with E-state index in [1.54, 1.807) is 35.0 Å². The molecule has 36 heavy (non-hydrogen) atoms. The van der Waals surface area contributed by atoms with Gasteiger partial charge in [0.15, 0.2) is 18.1 Å². The fourth-order valence-corrected chi connectivity index (χ4v) is 3.99. The summed E-state index contributed by atoms with van der Waals surface area (Å²) < 4.78 is 24.0. The number of hydrogen-bond acceptors (Lipinski definition) is 6. The number of methoxy groups -OCH3 is 3. The van der Waals surface area contributed by atoms with Crippen molar-refractivity contribution in [2.75, 3.05) is 27.9 Å². The van der Waals surface area contributed by atoms with Crippen LogP contribution < -0.4 is 18.9 Å². The lowest BCUT2D eigenvalue weighted by atomic mass is 10.1. The molecule has 4 aromatic rings. The number of ether oxygens (including phenoxy) is 4. The number of aromatic nitrogens is 2. The molecule has 8 nitrogen and oxygen atoms in total. The van der Waals surface area contributed by atoms with Crippen LogP contribution in [0.2, 0.25) is 10.0 Å². The molecule has 0 fully saturated rings. The largest absolute Gasteiger partial charge is 0.493 e. The SMILES string of the molecule is COc1cc(OCC(=O)O)c(-c2cc(-c3ccc(Cl)cc3)n(-c3ccc(Cl)cc3)n2)c(OC)c1OC. The maximum Gasteiger partial charge on any atom is 0.341 e. The van der Waals surface area contributed by atoms with Crippen LogP contribution in [0.5, 0.6) is 23.0 Å². The van der Waals surface area contributed by atoms with Gasteiger partial charge in [-0.25, -0.2) is 9.48 Å². The molecule has 1 heterocycles. The molecule has 186 valence electrons. The molecule has 0 saturated carbocycles. The Balaban J connectivity index is 2.00. The first kappa shape index (κ1) is 25.2. The Labute approximate surface area is 217 Å². The van der Waals surface area contributed by atoms with Gasteiger partial charge in [0.25, 0.3) is 0 Å². The summed E-state index contributed by atoms with van der Waals surface area (Å²) in [7, 11) is 4.41. The molecular weight excluding hydrogens is 507 g/mol. The van der Waals surface area contributed by atoms with Crippen molar-refractivity contribution in [1.29, 1.82) is 0 Å². The van der Waals surface area contributed by atoms with Crippen molar-refractivity contribution < 1.29 is 28.8 Å². The first-order valence-electron chi connectivity index (χ1n) is 10.7. The third kappa shape index (κ3) is 5.05. The number of carboxylic acid groups (broad SMARTS) is 1. The molecule has 10 heteroatoms. The van der Waals surface area contributed by atoms with Crippen LogP contribution in [0.15, 0.2) is 60.7 Å². The van der Waals surface area contributed by atoms with Gasteiger partial charge in [-0.15, -0.1) is 0 Å². The summed E-state index contributed by atoms with van der Waals surface area (Å²) >= 11 is 12.2. The van der Waals surface area contributed by atoms with E-state index >= 15 is 0 Å². The smallest absolute Gasteiger partial charge is 0.341 e. The molecule has 3 aromatic carbocycles. The summed E-state index contributed by atoms with van der Waals surface area (Å²) in [5.41, 5.74) is 3.20. The number of aliphatic carboxylic acids is 1. The van der Waals surface area contributed by atoms with E-state index in [0.29, 0.717) is 32.8 Å². The summed E-state index contributed by atoms with van der Waals surface area (Å²) in [6, 6.07) is 17.9. The van der Waals surface area contributed by atoms with Gasteiger partial charge in [0.2, 0.25) is 5.75 Å². The minimum atomic E-state index is -1.14. The first-order valence-corrected chi connectivity index (χ1v) is 11.4. The average molecular weight is 529 g/mol. The number of carbonyl (C=O) groups is 1. The summed E-state index contributed by atoms with van der Waals surface area (Å²) in [4.78, 5) is 11.3. The Kier molecular flexibility index (Phi) is 7.57. The van der Waals surface area contributed by atoms with Crippen molar-refractivity contribution in [1.82, 2.24) is 9.78 Å². The van der Waals surface area contributed by atoms with Gasteiger partial charge in [0, 0.05) is 21.7 Å². The highest BCUT2D eigenvalue weighted by Crippen LogP contribution is 2.50. The van der Waals surface area contributed by atoms with Crippen molar-refractivity contribution in [3.8, 4) is 51.2 Å². The van der Waals surface area contributed by atoms with Crippen LogP contribution in [0.4, 0.5) is 0 Å². The summed E-state index contributed by atoms with van der Waals surface area (Å²) in [5.74, 6) is -0.0282. The van der Waals surface area contributed by atoms with Crippen LogP contribution in [0, 0.1) is 0 Å². The predicted molar refractivity (Wildman–Crippen MR) is 137 cm³/mol. The van der Waals surface area contributed by atoms with Crippen molar-refractivity contribution in [2.45, 2.75) is 0 Å². The molecule has 0 bridgehead atoms. The molecule has 0 unspecified atom stereocenters. The minimum Gasteiger partial charge on any atom is -0.493 e. The molecule has 0 spiro atoms. The lowest BCUT2D eigenvalue weighted by Gasteiger charge is -2.18. The van der Waals surface area contributed by atoms with Crippen LogP contribution in [0.1, 0.15) is 0 Å². The van der Waals surface area contributed by atoms with Gasteiger partial charge in [-0.3, -0.25) is 0 Å². The number of carboxylic acids is 1. The zero-order valence-corrected chi connectivity index (χ0v) is 21.1. The van der Waals surface area contributed by atoms with Crippen LogP contribution in [-0.4, -0.2) is 48.8 Å². The first-order chi connectivity index (χ1) is 17.4. The Hall–Kier alpha value is -3.88. The van der Waals surface area contributed by atoms with E-state index in [1.165, 1.54) is 21.3 Å². The number of nitrogens with zero attached hydrogens (tertiary/aromatic N) is 2. The van der Waals surface area contributed by atoms with E-state index in [-0.39, 0.29) is 11.5 Å². The predicted octanol–water partition coefficient (Wildman–Crippen LogP) is 6.00. The molecular formula is C26H22Cl2N2O6. The molecule has 0 aliphatic heterocycles. The van der Waals surface area contributed by atoms with Gasteiger partial charge < -0.3 is 24.1 Å². The molecule has 0 radical (unpaired) electrons. The van der Waals surface area contributed by atoms with Crippen LogP contribution in [0.3, 0.4) is 0 Å². The van der Waals surface area contributed by atoms with Gasteiger partial charge in [0.1, 0.15) is 11.4 Å². The van der Waals surface area contributed by atoms with Crippen molar-refractivity contribution >= 4 is 29.2 Å². The highest BCUT2D eigenvalue weighted by atomic mass is 35.5. The standard InChI is InChI=1S/C26H22Cl2N2O6/c1-33-22-13-21(36-14-23(31)32)24(26(35-3)25(22)34-2)19-12-20(15-4-6-16(27)7-5-15)30(29-19)18-10-8-17(28)9-11-18/h4-13H,14H2,1-3H3,(H,31,32). The summed E-state index contributed by atoms with van der Waals surface area (Å²) in [5, 5.41) is 15.3. The lowest BCUT2D eigenvalue weighted by Crippen LogP contribution is -2.11. The average Bonchev–Trinajstić information content (AvgIpc) is 3.32. The molecule has 0 aliphatic rings. The van der Waals surface area contributed by atoms with E-state index in [0.717, 1.165) is 16.9 Å². The maximum atomic E-state index is 11.3. The molecule has 4 rings (SSSR count). The summed E-state index contributed by atoms with van der Waals surface area (Å²) in [6.07, 6.45) is 0. The molecule has 0 amide bonds. The topological polar surface area (TPSA) is 92.0 Å². The number of benzene rings is 3. The fraction of sp³-hybridized carbons (Fsp3) is 0.154. The number of rotatable bonds is 9. The number of hydrogen-bond donors (Lipinski definition) is 1. The van der Waals surface area contributed by atoms with Gasteiger partial charge in [-0.1, -0.05) is 35.3 Å². The fourth-order valence-electron chi connectivity index (χ4n) is 3.74. The van der Waals surface area contributed by atoms with Crippen LogP contribution in [-0.2, 0) is 4.79 Å². The molecule has 1 N–H and O–H groups in total. The van der Waals surface area contributed by atoms with Crippen LogP contribution in [0.25, 0.3) is 28.2 Å². The quantitative estimate of drug-likeness (QED) is 0.284. The number of halogens is 2. The van der Waals surface area contributed by atoms with Crippen molar-refractivity contribution in [3.05, 3.63) is 70.7 Å². The van der Waals surface area contributed by atoms with E-state index in [4.69, 9.17) is 47.2 Å². The highest BCUT2D eigenvalue weighted by molar-refractivity contribution is 6.30. The summed E-state index contributed by atoms with van der Waals surface area (Å²) in [6.45, 7) is -0.576. The van der Waals surface area contributed by atoms with E-state index < -0.39 is 12.6 Å². The molecule has 0 atom stereocenters. The van der Waals surface area contributed by atoms with E-state index in [1.807, 2.05) is 30.3 Å². The second kappa shape index (κ2) is 10.8. The third-order valence-electron chi connectivity index (χ3n) is 5.32. The maximum absolute atomic E-state index is 11.3. The Morgan fingerprint density at radius 1 is 0.861 bits per heavy atom. The second-order valence-electron chi connectivity index (χ2n) is 7.51. The zero-order valence-electron chi connectivity index (χ0n) is 19.6. The highest BCUT2D eigenvalue weighted by Gasteiger charge is 2.26. The molecule has 0 aliphatic carbocycles. The molecule has 0 saturated heterocycles. The van der Waals surface area contributed by atoms with Gasteiger partial charge in [-0.2, -0.15) is 5.10 Å². The normalized spacial score (nSPS) is 10.7. The Morgan fingerprint density at radius 2 is 1.47 bits per heavy atom. The Bertz CT molecular complexity index is 1320. The monoisotopic (exact) mass is 528 g/mol. The van der Waals surface area contributed by atoms with Crippen molar-refractivity contribution in [3.63, 3.8) is 0 Å². The van der Waals surface area contributed by atoms with E-state index in [2.05, 4.69) is 0 Å². The van der Waals surface area contributed by atoms with Crippen molar-refractivity contribution in [2.24, 2.45) is 0 Å². The molecule has 1 aromatic heterocycles. The third-order valence-corrected chi connectivity index (χ3v) is 5.83. The van der Waals surface area contributed by atoms with Gasteiger partial charge >= 0.3 is 5.97 Å². The zero-order chi connectivity index (χ0) is 25.8. The second-order valence-corrected chi connectivity index (χ2v) is 8.38. The van der Waals surface area contributed by atoms with E-state index in [9.17, 15) is 9.90 Å². The van der Waals surface area contributed by atoms with Gasteiger partial charge in [0.05, 0.1) is 38.3 Å². The minimum absolute atomic E-state index is 0.204. The van der Waals surface area contributed by atoms with Crippen LogP contribution >= 0.6 is 23.2 Å². The van der Waals surface area contributed by atoms with Gasteiger partial charge in [-0.05, 0) is 42.5 Å². The Morgan fingerprint density at radius 3 is 2.03 bits per heavy atom.